The molecular formula is C14H16FNO3. The molecule has 1 saturated heterocycles. The van der Waals surface area contributed by atoms with Crippen molar-refractivity contribution in [3.8, 4) is 0 Å². The van der Waals surface area contributed by atoms with Crippen LogP contribution in [0, 0.1) is 0 Å². The molecule has 1 aliphatic heterocycles. The maximum Gasteiger partial charge on any atom is 0.343 e. The molecule has 1 aromatic rings. The smallest absolute Gasteiger partial charge is 0.343 e. The lowest BCUT2D eigenvalue weighted by atomic mass is 10.00. The standard InChI is InChI=1S/C14H16FNO3/c1-10(11-5-3-2-4-6-11)12(17)16-8-7-14(15,9-16)13(18)19/h2-6,10H,7-9H2,1H3,(H,18,19)/t10-,14?/m0/s1. The minimum Gasteiger partial charge on any atom is -0.479 e. The van der Waals surface area contributed by atoms with E-state index in [2.05, 4.69) is 0 Å². The molecule has 1 heterocycles. The van der Waals surface area contributed by atoms with E-state index in [9.17, 15) is 14.0 Å². The molecule has 0 radical (unpaired) electrons. The van der Waals surface area contributed by atoms with Gasteiger partial charge in [-0.3, -0.25) is 4.79 Å². The van der Waals surface area contributed by atoms with Crippen LogP contribution in [-0.4, -0.2) is 40.6 Å². The maximum absolute atomic E-state index is 13.9. The molecule has 1 unspecified atom stereocenters. The molecule has 1 amide bonds. The van der Waals surface area contributed by atoms with Crippen molar-refractivity contribution in [2.45, 2.75) is 24.9 Å². The quantitative estimate of drug-likeness (QED) is 0.906. The first-order chi connectivity index (χ1) is 8.94. The van der Waals surface area contributed by atoms with E-state index in [4.69, 9.17) is 5.11 Å². The number of amides is 1. The van der Waals surface area contributed by atoms with E-state index >= 15 is 0 Å². The molecule has 1 N–H and O–H groups in total. The molecule has 0 aromatic heterocycles. The van der Waals surface area contributed by atoms with Crippen LogP contribution in [0.2, 0.25) is 0 Å². The average molecular weight is 265 g/mol. The summed E-state index contributed by atoms with van der Waals surface area (Å²) in [5, 5.41) is 8.81. The van der Waals surface area contributed by atoms with Crippen molar-refractivity contribution < 1.29 is 19.1 Å². The van der Waals surface area contributed by atoms with Gasteiger partial charge in [0, 0.05) is 13.0 Å². The van der Waals surface area contributed by atoms with E-state index in [0.29, 0.717) is 0 Å². The summed E-state index contributed by atoms with van der Waals surface area (Å²) in [4.78, 5) is 24.3. The second kappa shape index (κ2) is 4.99. The van der Waals surface area contributed by atoms with Gasteiger partial charge in [0.05, 0.1) is 12.5 Å². The van der Waals surface area contributed by atoms with E-state index in [0.717, 1.165) is 5.56 Å². The van der Waals surface area contributed by atoms with Gasteiger partial charge in [-0.25, -0.2) is 9.18 Å². The Kier molecular flexibility index (Phi) is 3.55. The molecule has 0 aliphatic carbocycles. The van der Waals surface area contributed by atoms with Crippen molar-refractivity contribution in [3.63, 3.8) is 0 Å². The Balaban J connectivity index is 2.08. The second-order valence-electron chi connectivity index (χ2n) is 4.91. The number of carboxylic acid groups (broad SMARTS) is 1. The number of aliphatic carboxylic acids is 1. The van der Waals surface area contributed by atoms with Crippen LogP contribution in [0.1, 0.15) is 24.8 Å². The van der Waals surface area contributed by atoms with Gasteiger partial charge in [0.1, 0.15) is 0 Å². The maximum atomic E-state index is 13.9. The van der Waals surface area contributed by atoms with Crippen molar-refractivity contribution in [2.24, 2.45) is 0 Å². The highest BCUT2D eigenvalue weighted by atomic mass is 19.1. The van der Waals surface area contributed by atoms with Crippen LogP contribution >= 0.6 is 0 Å². The molecule has 2 atom stereocenters. The summed E-state index contributed by atoms with van der Waals surface area (Å²) >= 11 is 0. The van der Waals surface area contributed by atoms with Crippen LogP contribution in [0.5, 0.6) is 0 Å². The van der Waals surface area contributed by atoms with Gasteiger partial charge in [-0.2, -0.15) is 0 Å². The van der Waals surface area contributed by atoms with Crippen molar-refractivity contribution in [1.29, 1.82) is 0 Å². The molecule has 1 fully saturated rings. The van der Waals surface area contributed by atoms with Gasteiger partial charge in [-0.05, 0) is 12.5 Å². The Morgan fingerprint density at radius 2 is 2.00 bits per heavy atom. The highest BCUT2D eigenvalue weighted by Gasteiger charge is 2.47. The molecule has 5 heteroatoms. The van der Waals surface area contributed by atoms with Crippen molar-refractivity contribution >= 4 is 11.9 Å². The summed E-state index contributed by atoms with van der Waals surface area (Å²) in [6.45, 7) is 1.54. The van der Waals surface area contributed by atoms with Gasteiger partial charge in [-0.1, -0.05) is 30.3 Å². The largest absolute Gasteiger partial charge is 0.479 e. The molecule has 102 valence electrons. The van der Waals surface area contributed by atoms with Crippen LogP contribution in [0.4, 0.5) is 4.39 Å². The van der Waals surface area contributed by atoms with Gasteiger partial charge in [0.25, 0.3) is 0 Å². The molecule has 4 nitrogen and oxygen atoms in total. The zero-order valence-electron chi connectivity index (χ0n) is 10.7. The van der Waals surface area contributed by atoms with E-state index in [1.165, 1.54) is 4.90 Å². The molecule has 19 heavy (non-hydrogen) atoms. The first kappa shape index (κ1) is 13.5. The van der Waals surface area contributed by atoms with Crippen molar-refractivity contribution in [1.82, 2.24) is 4.90 Å². The molecular weight excluding hydrogens is 249 g/mol. The third-order valence-electron chi connectivity index (χ3n) is 3.58. The first-order valence-corrected chi connectivity index (χ1v) is 6.20. The summed E-state index contributed by atoms with van der Waals surface area (Å²) in [5.74, 6) is -2.11. The van der Waals surface area contributed by atoms with E-state index < -0.39 is 17.6 Å². The third kappa shape index (κ3) is 2.59. The zero-order chi connectivity index (χ0) is 14.0. The Morgan fingerprint density at radius 3 is 2.53 bits per heavy atom. The van der Waals surface area contributed by atoms with Crippen molar-refractivity contribution in [3.05, 3.63) is 35.9 Å². The highest BCUT2D eigenvalue weighted by Crippen LogP contribution is 2.28. The zero-order valence-corrected chi connectivity index (χ0v) is 10.7. The number of hydrogen-bond donors (Lipinski definition) is 1. The number of hydrogen-bond acceptors (Lipinski definition) is 2. The summed E-state index contributed by atoms with van der Waals surface area (Å²) in [5.41, 5.74) is -1.45. The second-order valence-corrected chi connectivity index (χ2v) is 4.91. The number of halogens is 1. The van der Waals surface area contributed by atoms with Gasteiger partial charge >= 0.3 is 5.97 Å². The SMILES string of the molecule is C[C@H](C(=O)N1CCC(F)(C(=O)O)C1)c1ccccc1. The van der Waals surface area contributed by atoms with Crippen molar-refractivity contribution in [2.75, 3.05) is 13.1 Å². The monoisotopic (exact) mass is 265 g/mol. The normalized spacial score (nSPS) is 24.2. The molecule has 0 saturated carbocycles. The Bertz CT molecular complexity index is 491. The Labute approximate surface area is 110 Å². The third-order valence-corrected chi connectivity index (χ3v) is 3.58. The van der Waals surface area contributed by atoms with Crippen LogP contribution in [-0.2, 0) is 9.59 Å². The van der Waals surface area contributed by atoms with E-state index in [-0.39, 0.29) is 25.4 Å². The number of carbonyl (C=O) groups excluding carboxylic acids is 1. The van der Waals surface area contributed by atoms with E-state index in [1.54, 1.807) is 6.92 Å². The topological polar surface area (TPSA) is 57.6 Å². The first-order valence-electron chi connectivity index (χ1n) is 6.20. The fourth-order valence-corrected chi connectivity index (χ4v) is 2.29. The summed E-state index contributed by atoms with van der Waals surface area (Å²) in [6, 6.07) is 9.18. The van der Waals surface area contributed by atoms with Crippen LogP contribution in [0.3, 0.4) is 0 Å². The number of alkyl halides is 1. The number of nitrogens with zero attached hydrogens (tertiary/aromatic N) is 1. The number of rotatable bonds is 3. The predicted molar refractivity (Wildman–Crippen MR) is 67.5 cm³/mol. The molecule has 0 spiro atoms. The summed E-state index contributed by atoms with van der Waals surface area (Å²) < 4.78 is 13.9. The Morgan fingerprint density at radius 1 is 1.37 bits per heavy atom. The molecule has 0 bridgehead atoms. The summed E-state index contributed by atoms with van der Waals surface area (Å²) in [7, 11) is 0. The lowest BCUT2D eigenvalue weighted by molar-refractivity contribution is -0.150. The average Bonchev–Trinajstić information content (AvgIpc) is 2.82. The molecule has 1 aliphatic rings. The number of carboxylic acids is 1. The fourth-order valence-electron chi connectivity index (χ4n) is 2.29. The number of likely N-dealkylation sites (tertiary alicyclic amines) is 1. The predicted octanol–water partition coefficient (Wildman–Crippen LogP) is 1.82. The van der Waals surface area contributed by atoms with E-state index in [1.807, 2.05) is 30.3 Å². The van der Waals surface area contributed by atoms with Crippen LogP contribution in [0.15, 0.2) is 30.3 Å². The number of carbonyl (C=O) groups is 2. The van der Waals surface area contributed by atoms with Gasteiger partial charge < -0.3 is 10.0 Å². The minimum atomic E-state index is -2.30. The van der Waals surface area contributed by atoms with Gasteiger partial charge in [-0.15, -0.1) is 0 Å². The van der Waals surface area contributed by atoms with Crippen LogP contribution in [0.25, 0.3) is 0 Å². The number of benzene rings is 1. The molecule has 1 aromatic carbocycles. The Hall–Kier alpha value is -1.91. The van der Waals surface area contributed by atoms with Crippen LogP contribution < -0.4 is 0 Å². The highest BCUT2D eigenvalue weighted by molar-refractivity contribution is 5.86. The van der Waals surface area contributed by atoms with Gasteiger partial charge in [0.2, 0.25) is 11.6 Å². The minimum absolute atomic E-state index is 0.143. The summed E-state index contributed by atoms with van der Waals surface area (Å²) in [6.07, 6.45) is -0.143. The molecule has 2 rings (SSSR count). The van der Waals surface area contributed by atoms with Gasteiger partial charge in [0.15, 0.2) is 0 Å². The fraction of sp³-hybridized carbons (Fsp3) is 0.429. The lowest BCUT2D eigenvalue weighted by Crippen LogP contribution is -2.40. The lowest BCUT2D eigenvalue weighted by Gasteiger charge is -2.21.